The maximum absolute atomic E-state index is 13.2. The second kappa shape index (κ2) is 10.0. The van der Waals surface area contributed by atoms with Gasteiger partial charge in [0.1, 0.15) is 0 Å². The quantitative estimate of drug-likeness (QED) is 0.758. The van der Waals surface area contributed by atoms with Gasteiger partial charge in [0, 0.05) is 48.6 Å². The molecular formula is C23H27ClN4O3. The third-order valence-corrected chi connectivity index (χ3v) is 5.96. The summed E-state index contributed by atoms with van der Waals surface area (Å²) in [6.07, 6.45) is 1.44. The van der Waals surface area contributed by atoms with E-state index in [1.54, 1.807) is 24.3 Å². The van der Waals surface area contributed by atoms with Crippen molar-refractivity contribution in [1.29, 1.82) is 0 Å². The number of amides is 3. The van der Waals surface area contributed by atoms with E-state index >= 15 is 0 Å². The zero-order valence-corrected chi connectivity index (χ0v) is 18.1. The van der Waals surface area contributed by atoms with Gasteiger partial charge in [-0.05, 0) is 49.2 Å². The minimum atomic E-state index is -0.246. The largest absolute Gasteiger partial charge is 0.378 e. The molecular weight excluding hydrogens is 416 g/mol. The molecule has 4 rings (SSSR count). The smallest absolute Gasteiger partial charge is 0.319 e. The number of benzene rings is 2. The maximum atomic E-state index is 13.2. The number of anilines is 2. The molecule has 31 heavy (non-hydrogen) atoms. The summed E-state index contributed by atoms with van der Waals surface area (Å²) in [4.78, 5) is 29.6. The molecule has 2 fully saturated rings. The van der Waals surface area contributed by atoms with Crippen molar-refractivity contribution in [1.82, 2.24) is 10.2 Å². The van der Waals surface area contributed by atoms with Crippen molar-refractivity contribution in [3.05, 3.63) is 59.1 Å². The predicted octanol–water partition coefficient (Wildman–Crippen LogP) is 3.60. The molecule has 0 aliphatic carbocycles. The van der Waals surface area contributed by atoms with Crippen LogP contribution in [0, 0.1) is 0 Å². The van der Waals surface area contributed by atoms with Crippen LogP contribution < -0.4 is 15.5 Å². The standard InChI is InChI=1S/C23H27ClN4O3/c24-17-5-7-18(8-6-17)25-23(30)26-19-9-11-28(12-10-19)22(29)20-3-1-2-4-21(20)27-13-15-31-16-14-27/h1-8,19H,9-16H2,(H2,25,26,30). The summed E-state index contributed by atoms with van der Waals surface area (Å²) < 4.78 is 5.44. The van der Waals surface area contributed by atoms with Crippen LogP contribution in [0.5, 0.6) is 0 Å². The lowest BCUT2D eigenvalue weighted by Gasteiger charge is -2.34. The van der Waals surface area contributed by atoms with Crippen molar-refractivity contribution in [3.8, 4) is 0 Å². The van der Waals surface area contributed by atoms with Gasteiger partial charge < -0.3 is 25.2 Å². The molecule has 0 aromatic heterocycles. The summed E-state index contributed by atoms with van der Waals surface area (Å²) in [5.41, 5.74) is 2.39. The van der Waals surface area contributed by atoms with E-state index in [1.165, 1.54) is 0 Å². The Kier molecular flexibility index (Phi) is 6.94. The summed E-state index contributed by atoms with van der Waals surface area (Å²) in [7, 11) is 0. The van der Waals surface area contributed by atoms with Crippen LogP contribution in [-0.2, 0) is 4.74 Å². The van der Waals surface area contributed by atoms with Crippen LogP contribution >= 0.6 is 11.6 Å². The third-order valence-electron chi connectivity index (χ3n) is 5.71. The van der Waals surface area contributed by atoms with Gasteiger partial charge >= 0.3 is 6.03 Å². The average molecular weight is 443 g/mol. The number of carbonyl (C=O) groups excluding carboxylic acids is 2. The fourth-order valence-electron chi connectivity index (χ4n) is 4.02. The molecule has 0 atom stereocenters. The fourth-order valence-corrected chi connectivity index (χ4v) is 4.14. The van der Waals surface area contributed by atoms with Gasteiger partial charge in [0.05, 0.1) is 18.8 Å². The number of nitrogens with one attached hydrogen (secondary N) is 2. The highest BCUT2D eigenvalue weighted by Crippen LogP contribution is 2.24. The first-order valence-corrected chi connectivity index (χ1v) is 11.0. The van der Waals surface area contributed by atoms with Crippen LogP contribution in [0.25, 0.3) is 0 Å². The second-order valence-electron chi connectivity index (χ2n) is 7.79. The van der Waals surface area contributed by atoms with Crippen molar-refractivity contribution < 1.29 is 14.3 Å². The molecule has 8 heteroatoms. The number of likely N-dealkylation sites (tertiary alicyclic amines) is 1. The Labute approximate surface area is 187 Å². The van der Waals surface area contributed by atoms with Crippen molar-refractivity contribution in [2.45, 2.75) is 18.9 Å². The lowest BCUT2D eigenvalue weighted by Crippen LogP contribution is -2.48. The molecule has 2 aromatic rings. The van der Waals surface area contributed by atoms with Crippen molar-refractivity contribution >= 4 is 34.9 Å². The Morgan fingerprint density at radius 3 is 2.32 bits per heavy atom. The van der Waals surface area contributed by atoms with Gasteiger partial charge in [0.15, 0.2) is 0 Å². The number of rotatable bonds is 4. The number of morpholine rings is 1. The number of para-hydroxylation sites is 1. The number of hydrogen-bond acceptors (Lipinski definition) is 4. The van der Waals surface area contributed by atoms with E-state index in [9.17, 15) is 9.59 Å². The molecule has 2 N–H and O–H groups in total. The zero-order chi connectivity index (χ0) is 21.6. The number of carbonyl (C=O) groups is 2. The highest BCUT2D eigenvalue weighted by molar-refractivity contribution is 6.30. The third kappa shape index (κ3) is 5.48. The van der Waals surface area contributed by atoms with E-state index in [0.29, 0.717) is 37.0 Å². The van der Waals surface area contributed by atoms with Gasteiger partial charge in [-0.25, -0.2) is 4.79 Å². The number of piperidine rings is 1. The van der Waals surface area contributed by atoms with Crippen LogP contribution in [-0.4, -0.2) is 62.3 Å². The van der Waals surface area contributed by atoms with Crippen molar-refractivity contribution in [3.63, 3.8) is 0 Å². The molecule has 0 radical (unpaired) electrons. The SMILES string of the molecule is O=C(Nc1ccc(Cl)cc1)NC1CCN(C(=O)c2ccccc2N2CCOCC2)CC1. The molecule has 0 spiro atoms. The van der Waals surface area contributed by atoms with Gasteiger partial charge in [0.25, 0.3) is 5.91 Å². The molecule has 2 saturated heterocycles. The average Bonchev–Trinajstić information content (AvgIpc) is 2.81. The van der Waals surface area contributed by atoms with Gasteiger partial charge in [-0.3, -0.25) is 4.79 Å². The minimum Gasteiger partial charge on any atom is -0.378 e. The first kappa shape index (κ1) is 21.5. The lowest BCUT2D eigenvalue weighted by atomic mass is 10.0. The Morgan fingerprint density at radius 2 is 1.61 bits per heavy atom. The number of nitrogens with zero attached hydrogens (tertiary/aromatic N) is 2. The molecule has 0 unspecified atom stereocenters. The first-order valence-electron chi connectivity index (χ1n) is 10.6. The van der Waals surface area contributed by atoms with Crippen LogP contribution in [0.4, 0.5) is 16.2 Å². The van der Waals surface area contributed by atoms with Crippen LogP contribution in [0.1, 0.15) is 23.2 Å². The lowest BCUT2D eigenvalue weighted by molar-refractivity contribution is 0.0708. The van der Waals surface area contributed by atoms with E-state index in [1.807, 2.05) is 29.2 Å². The molecule has 2 aliphatic rings. The first-order chi connectivity index (χ1) is 15.1. The summed E-state index contributed by atoms with van der Waals surface area (Å²) >= 11 is 5.87. The number of urea groups is 1. The van der Waals surface area contributed by atoms with E-state index in [-0.39, 0.29) is 18.0 Å². The van der Waals surface area contributed by atoms with Gasteiger partial charge in [-0.2, -0.15) is 0 Å². The molecule has 7 nitrogen and oxygen atoms in total. The van der Waals surface area contributed by atoms with Crippen LogP contribution in [0.3, 0.4) is 0 Å². The molecule has 2 aromatic carbocycles. The number of halogens is 1. The van der Waals surface area contributed by atoms with Crippen LogP contribution in [0.15, 0.2) is 48.5 Å². The normalized spacial score (nSPS) is 17.3. The molecule has 2 heterocycles. The molecule has 3 amide bonds. The van der Waals surface area contributed by atoms with Crippen molar-refractivity contribution in [2.75, 3.05) is 49.6 Å². The monoisotopic (exact) mass is 442 g/mol. The summed E-state index contributed by atoms with van der Waals surface area (Å²) in [5.74, 6) is 0.0474. The second-order valence-corrected chi connectivity index (χ2v) is 8.22. The molecule has 164 valence electrons. The van der Waals surface area contributed by atoms with E-state index < -0.39 is 0 Å². The zero-order valence-electron chi connectivity index (χ0n) is 17.4. The highest BCUT2D eigenvalue weighted by atomic mass is 35.5. The topological polar surface area (TPSA) is 73.9 Å². The van der Waals surface area contributed by atoms with Crippen LogP contribution in [0.2, 0.25) is 5.02 Å². The minimum absolute atomic E-state index is 0.0332. The highest BCUT2D eigenvalue weighted by Gasteiger charge is 2.27. The Morgan fingerprint density at radius 1 is 0.935 bits per heavy atom. The Hall–Kier alpha value is -2.77. The maximum Gasteiger partial charge on any atom is 0.319 e. The number of ether oxygens (including phenoxy) is 1. The Bertz CT molecular complexity index is 907. The fraction of sp³-hybridized carbons (Fsp3) is 0.391. The van der Waals surface area contributed by atoms with E-state index in [0.717, 1.165) is 37.2 Å². The van der Waals surface area contributed by atoms with E-state index in [4.69, 9.17) is 16.3 Å². The summed E-state index contributed by atoms with van der Waals surface area (Å²) in [6, 6.07) is 14.6. The summed E-state index contributed by atoms with van der Waals surface area (Å²) in [6.45, 7) is 4.16. The number of hydrogen-bond donors (Lipinski definition) is 2. The predicted molar refractivity (Wildman–Crippen MR) is 122 cm³/mol. The van der Waals surface area contributed by atoms with E-state index in [2.05, 4.69) is 15.5 Å². The van der Waals surface area contributed by atoms with Gasteiger partial charge in [-0.15, -0.1) is 0 Å². The molecule has 2 aliphatic heterocycles. The van der Waals surface area contributed by atoms with Crippen molar-refractivity contribution in [2.24, 2.45) is 0 Å². The summed E-state index contributed by atoms with van der Waals surface area (Å²) in [5, 5.41) is 6.44. The van der Waals surface area contributed by atoms with Gasteiger partial charge in [0.2, 0.25) is 0 Å². The Balaban J connectivity index is 1.31. The molecule has 0 bridgehead atoms. The molecule has 0 saturated carbocycles. The van der Waals surface area contributed by atoms with Gasteiger partial charge in [-0.1, -0.05) is 23.7 Å².